The van der Waals surface area contributed by atoms with Crippen LogP contribution in [0.3, 0.4) is 0 Å². The number of ether oxygens (including phenoxy) is 1. The SMILES string of the molecule is C=CCc1c(OCCS(=O)(=O)c2ccccc2C)ccc(C(=O)O)c1O. The summed E-state index contributed by atoms with van der Waals surface area (Å²) in [6.45, 7) is 5.16. The molecule has 0 spiro atoms. The molecule has 0 atom stereocenters. The minimum absolute atomic E-state index is 0.132. The Labute approximate surface area is 152 Å². The number of sulfone groups is 1. The lowest BCUT2D eigenvalue weighted by Gasteiger charge is -2.14. The van der Waals surface area contributed by atoms with Crippen molar-refractivity contribution in [3.8, 4) is 11.5 Å². The summed E-state index contributed by atoms with van der Waals surface area (Å²) in [5, 5.41) is 19.2. The van der Waals surface area contributed by atoms with Gasteiger partial charge < -0.3 is 14.9 Å². The molecule has 0 aromatic heterocycles. The lowest BCUT2D eigenvalue weighted by atomic mass is 10.0. The van der Waals surface area contributed by atoms with Gasteiger partial charge in [-0.05, 0) is 37.1 Å². The average molecular weight is 376 g/mol. The van der Waals surface area contributed by atoms with Gasteiger partial charge in [0.25, 0.3) is 0 Å². The molecule has 0 aliphatic carbocycles. The Balaban J connectivity index is 2.19. The maximum absolute atomic E-state index is 12.4. The molecule has 0 aliphatic rings. The second kappa shape index (κ2) is 8.05. The highest BCUT2D eigenvalue weighted by atomic mass is 32.2. The highest BCUT2D eigenvalue weighted by molar-refractivity contribution is 7.91. The molecule has 138 valence electrons. The fourth-order valence-electron chi connectivity index (χ4n) is 2.54. The first-order valence-corrected chi connectivity index (χ1v) is 9.53. The van der Waals surface area contributed by atoms with E-state index in [1.807, 2.05) is 0 Å². The molecule has 0 bridgehead atoms. The van der Waals surface area contributed by atoms with Gasteiger partial charge in [-0.1, -0.05) is 24.3 Å². The molecule has 0 heterocycles. The van der Waals surface area contributed by atoms with Gasteiger partial charge >= 0.3 is 5.97 Å². The molecule has 2 aromatic carbocycles. The van der Waals surface area contributed by atoms with Crippen molar-refractivity contribution in [3.63, 3.8) is 0 Å². The van der Waals surface area contributed by atoms with Crippen molar-refractivity contribution in [3.05, 3.63) is 65.7 Å². The van der Waals surface area contributed by atoms with Gasteiger partial charge in [0.1, 0.15) is 23.7 Å². The van der Waals surface area contributed by atoms with Gasteiger partial charge in [-0.2, -0.15) is 0 Å². The monoisotopic (exact) mass is 376 g/mol. The number of carboxylic acids is 1. The van der Waals surface area contributed by atoms with E-state index in [0.717, 1.165) is 0 Å². The largest absolute Gasteiger partial charge is 0.507 e. The van der Waals surface area contributed by atoms with Crippen molar-refractivity contribution in [1.29, 1.82) is 0 Å². The molecule has 0 saturated carbocycles. The van der Waals surface area contributed by atoms with Crippen molar-refractivity contribution in [1.82, 2.24) is 0 Å². The first kappa shape index (κ1) is 19.5. The van der Waals surface area contributed by atoms with Crippen molar-refractivity contribution in [2.45, 2.75) is 18.2 Å². The summed E-state index contributed by atoms with van der Waals surface area (Å²) >= 11 is 0. The summed E-state index contributed by atoms with van der Waals surface area (Å²) < 4.78 is 30.4. The summed E-state index contributed by atoms with van der Waals surface area (Å²) in [6, 6.07) is 9.31. The second-order valence-electron chi connectivity index (χ2n) is 5.67. The minimum atomic E-state index is -3.52. The highest BCUT2D eigenvalue weighted by Gasteiger charge is 2.19. The lowest BCUT2D eigenvalue weighted by Crippen LogP contribution is -2.16. The number of carbonyl (C=O) groups is 1. The second-order valence-corrected chi connectivity index (χ2v) is 7.75. The van der Waals surface area contributed by atoms with Crippen LogP contribution < -0.4 is 4.74 Å². The third-order valence-corrected chi connectivity index (χ3v) is 5.69. The molecule has 2 N–H and O–H groups in total. The number of aromatic hydroxyl groups is 1. The number of hydrogen-bond donors (Lipinski definition) is 2. The fraction of sp³-hybridized carbons (Fsp3) is 0.211. The lowest BCUT2D eigenvalue weighted by molar-refractivity contribution is 0.0693. The van der Waals surface area contributed by atoms with Gasteiger partial charge in [0, 0.05) is 5.56 Å². The zero-order valence-corrected chi connectivity index (χ0v) is 15.1. The van der Waals surface area contributed by atoms with E-state index in [-0.39, 0.29) is 40.6 Å². The van der Waals surface area contributed by atoms with Crippen LogP contribution in [-0.2, 0) is 16.3 Å². The molecule has 0 fully saturated rings. The predicted octanol–water partition coefficient (Wildman–Crippen LogP) is 2.98. The highest BCUT2D eigenvalue weighted by Crippen LogP contribution is 2.32. The summed E-state index contributed by atoms with van der Waals surface area (Å²) in [5.41, 5.74) is 0.665. The minimum Gasteiger partial charge on any atom is -0.507 e. The van der Waals surface area contributed by atoms with Crippen LogP contribution in [-0.4, -0.2) is 37.0 Å². The van der Waals surface area contributed by atoms with Crippen molar-refractivity contribution < 1.29 is 28.2 Å². The predicted molar refractivity (Wildman–Crippen MR) is 97.7 cm³/mol. The zero-order valence-electron chi connectivity index (χ0n) is 14.3. The van der Waals surface area contributed by atoms with Crippen LogP contribution in [0.4, 0.5) is 0 Å². The number of hydrogen-bond acceptors (Lipinski definition) is 5. The average Bonchev–Trinajstić information content (AvgIpc) is 2.57. The molecule has 6 nitrogen and oxygen atoms in total. The first-order chi connectivity index (χ1) is 12.3. The Morgan fingerprint density at radius 1 is 1.23 bits per heavy atom. The maximum atomic E-state index is 12.4. The molecular formula is C19H20O6S. The van der Waals surface area contributed by atoms with Crippen LogP contribution in [0, 0.1) is 6.92 Å². The van der Waals surface area contributed by atoms with E-state index in [1.165, 1.54) is 18.2 Å². The van der Waals surface area contributed by atoms with Crippen molar-refractivity contribution in [2.75, 3.05) is 12.4 Å². The van der Waals surface area contributed by atoms with Gasteiger partial charge in [0.05, 0.1) is 10.6 Å². The Morgan fingerprint density at radius 2 is 1.92 bits per heavy atom. The van der Waals surface area contributed by atoms with E-state index in [0.29, 0.717) is 5.56 Å². The molecule has 0 amide bonds. The molecule has 2 aromatic rings. The Kier molecular flexibility index (Phi) is 6.05. The van der Waals surface area contributed by atoms with E-state index in [2.05, 4.69) is 6.58 Å². The number of phenols is 1. The summed E-state index contributed by atoms with van der Waals surface area (Å²) in [4.78, 5) is 11.4. The number of allylic oxidation sites excluding steroid dienone is 1. The molecule has 0 unspecified atom stereocenters. The van der Waals surface area contributed by atoms with Crippen molar-refractivity contribution >= 4 is 15.8 Å². The molecule has 7 heteroatoms. The van der Waals surface area contributed by atoms with Gasteiger partial charge in [-0.25, -0.2) is 13.2 Å². The van der Waals surface area contributed by atoms with Crippen LogP contribution in [0.1, 0.15) is 21.5 Å². The molecule has 2 rings (SSSR count). The van der Waals surface area contributed by atoms with Crippen LogP contribution in [0.5, 0.6) is 11.5 Å². The normalized spacial score (nSPS) is 11.1. The summed E-state index contributed by atoms with van der Waals surface area (Å²) in [5.74, 6) is -1.68. The number of aromatic carboxylic acids is 1. The third kappa shape index (κ3) is 4.23. The van der Waals surface area contributed by atoms with Crippen LogP contribution in [0.2, 0.25) is 0 Å². The maximum Gasteiger partial charge on any atom is 0.339 e. The Hall–Kier alpha value is -2.80. The van der Waals surface area contributed by atoms with Gasteiger partial charge in [-0.15, -0.1) is 6.58 Å². The van der Waals surface area contributed by atoms with Crippen molar-refractivity contribution in [2.24, 2.45) is 0 Å². The fourth-order valence-corrected chi connectivity index (χ4v) is 3.91. The topological polar surface area (TPSA) is 101 Å². The van der Waals surface area contributed by atoms with Gasteiger partial charge in [0.2, 0.25) is 0 Å². The van der Waals surface area contributed by atoms with E-state index < -0.39 is 21.6 Å². The van der Waals surface area contributed by atoms with E-state index in [9.17, 15) is 18.3 Å². The Morgan fingerprint density at radius 3 is 2.54 bits per heavy atom. The first-order valence-electron chi connectivity index (χ1n) is 7.88. The number of aryl methyl sites for hydroxylation is 1. The van der Waals surface area contributed by atoms with E-state index >= 15 is 0 Å². The molecule has 0 saturated heterocycles. The third-order valence-electron chi connectivity index (χ3n) is 3.86. The summed E-state index contributed by atoms with van der Waals surface area (Å²) in [7, 11) is -3.52. The van der Waals surface area contributed by atoms with Gasteiger partial charge in [0.15, 0.2) is 9.84 Å². The van der Waals surface area contributed by atoms with Crippen LogP contribution >= 0.6 is 0 Å². The van der Waals surface area contributed by atoms with Gasteiger partial charge in [-0.3, -0.25) is 0 Å². The quantitative estimate of drug-likeness (QED) is 0.687. The molecular weight excluding hydrogens is 356 g/mol. The number of carboxylic acid groups (broad SMARTS) is 1. The summed E-state index contributed by atoms with van der Waals surface area (Å²) in [6.07, 6.45) is 1.68. The molecule has 26 heavy (non-hydrogen) atoms. The molecule has 0 radical (unpaired) electrons. The smallest absolute Gasteiger partial charge is 0.339 e. The van der Waals surface area contributed by atoms with Crippen LogP contribution in [0.15, 0.2) is 53.9 Å². The standard InChI is InChI=1S/C19H20O6S/c1-3-6-14-16(10-9-15(18(14)20)19(21)22)25-11-12-26(23,24)17-8-5-4-7-13(17)2/h3-5,7-10,20H,1,6,11-12H2,2H3,(H,21,22). The number of rotatable bonds is 8. The zero-order chi connectivity index (χ0) is 19.3. The van der Waals surface area contributed by atoms with E-state index in [1.54, 1.807) is 31.2 Å². The molecule has 0 aliphatic heterocycles. The van der Waals surface area contributed by atoms with Crippen LogP contribution in [0.25, 0.3) is 0 Å². The Bertz CT molecular complexity index is 931. The van der Waals surface area contributed by atoms with E-state index in [4.69, 9.17) is 9.84 Å². The number of benzene rings is 2.